The highest BCUT2D eigenvalue weighted by Gasteiger charge is 2.22. The van der Waals surface area contributed by atoms with E-state index in [2.05, 4.69) is 24.0 Å². The lowest BCUT2D eigenvalue weighted by Crippen LogP contribution is -2.41. The van der Waals surface area contributed by atoms with Crippen LogP contribution in [0.25, 0.3) is 0 Å². The molecule has 1 nitrogen and oxygen atoms in total. The van der Waals surface area contributed by atoms with Crippen molar-refractivity contribution < 1.29 is 0 Å². The molecule has 13 heavy (non-hydrogen) atoms. The highest BCUT2D eigenvalue weighted by Crippen LogP contribution is 2.22. The molecular formula is C12H21N. The van der Waals surface area contributed by atoms with Crippen molar-refractivity contribution in [1.29, 1.82) is 0 Å². The normalized spacial score (nSPS) is 36.4. The Morgan fingerprint density at radius 2 is 2.15 bits per heavy atom. The standard InChI is InChI=1S/C12H21N/c1-11-6-5-9-13(10-11)12-7-3-2-4-8-12/h3,7,11-12H,2,4-6,8-10H2,1H3/t11-,12?/m1/s1. The third-order valence-corrected chi connectivity index (χ3v) is 3.39. The molecule has 0 radical (unpaired) electrons. The largest absolute Gasteiger partial charge is 0.297 e. The summed E-state index contributed by atoms with van der Waals surface area (Å²) >= 11 is 0. The summed E-state index contributed by atoms with van der Waals surface area (Å²) < 4.78 is 0. The summed E-state index contributed by atoms with van der Waals surface area (Å²) in [5.74, 6) is 0.920. The summed E-state index contributed by atoms with van der Waals surface area (Å²) in [5.41, 5.74) is 0. The molecule has 0 bridgehead atoms. The second kappa shape index (κ2) is 4.28. The first-order valence-electron chi connectivity index (χ1n) is 5.77. The molecule has 0 aromatic heterocycles. The van der Waals surface area contributed by atoms with Crippen LogP contribution >= 0.6 is 0 Å². The minimum Gasteiger partial charge on any atom is -0.297 e. The van der Waals surface area contributed by atoms with Crippen molar-refractivity contribution in [3.63, 3.8) is 0 Å². The fourth-order valence-electron chi connectivity index (χ4n) is 2.63. The van der Waals surface area contributed by atoms with E-state index in [1.54, 1.807) is 0 Å². The van der Waals surface area contributed by atoms with Crippen LogP contribution in [-0.2, 0) is 0 Å². The molecule has 0 aromatic carbocycles. The topological polar surface area (TPSA) is 3.24 Å². The molecule has 0 aromatic rings. The van der Waals surface area contributed by atoms with Gasteiger partial charge in [-0.25, -0.2) is 0 Å². The van der Waals surface area contributed by atoms with Crippen molar-refractivity contribution in [3.8, 4) is 0 Å². The minimum atomic E-state index is 0.775. The summed E-state index contributed by atoms with van der Waals surface area (Å²) in [6, 6.07) is 0.775. The van der Waals surface area contributed by atoms with Crippen LogP contribution in [0.3, 0.4) is 0 Å². The Bertz CT molecular complexity index is 186. The number of likely N-dealkylation sites (tertiary alicyclic amines) is 1. The van der Waals surface area contributed by atoms with Crippen LogP contribution in [-0.4, -0.2) is 24.0 Å². The van der Waals surface area contributed by atoms with Crippen molar-refractivity contribution in [3.05, 3.63) is 12.2 Å². The van der Waals surface area contributed by atoms with Crippen LogP contribution < -0.4 is 0 Å². The van der Waals surface area contributed by atoms with Crippen molar-refractivity contribution in [2.24, 2.45) is 5.92 Å². The van der Waals surface area contributed by atoms with Gasteiger partial charge in [0, 0.05) is 12.6 Å². The summed E-state index contributed by atoms with van der Waals surface area (Å²) in [6.07, 6.45) is 11.7. The van der Waals surface area contributed by atoms with E-state index >= 15 is 0 Å². The fraction of sp³-hybridized carbons (Fsp3) is 0.833. The van der Waals surface area contributed by atoms with Gasteiger partial charge in [-0.05, 0) is 44.6 Å². The summed E-state index contributed by atoms with van der Waals surface area (Å²) in [4.78, 5) is 2.68. The predicted molar refractivity (Wildman–Crippen MR) is 56.8 cm³/mol. The van der Waals surface area contributed by atoms with Crippen LogP contribution in [0.15, 0.2) is 12.2 Å². The molecule has 1 aliphatic heterocycles. The zero-order valence-electron chi connectivity index (χ0n) is 8.71. The molecule has 1 heterocycles. The van der Waals surface area contributed by atoms with Crippen LogP contribution in [0, 0.1) is 5.92 Å². The number of hydrogen-bond donors (Lipinski definition) is 0. The van der Waals surface area contributed by atoms with Crippen molar-refractivity contribution in [2.75, 3.05) is 13.1 Å². The second-order valence-corrected chi connectivity index (χ2v) is 4.67. The molecule has 0 saturated carbocycles. The van der Waals surface area contributed by atoms with Gasteiger partial charge in [0.25, 0.3) is 0 Å². The maximum atomic E-state index is 2.68. The van der Waals surface area contributed by atoms with E-state index in [1.165, 1.54) is 45.2 Å². The molecule has 1 saturated heterocycles. The summed E-state index contributed by atoms with van der Waals surface area (Å²) in [6.45, 7) is 5.05. The van der Waals surface area contributed by atoms with Crippen LogP contribution in [0.2, 0.25) is 0 Å². The minimum absolute atomic E-state index is 0.775. The van der Waals surface area contributed by atoms with Crippen molar-refractivity contribution in [2.45, 2.75) is 45.1 Å². The number of rotatable bonds is 1. The summed E-state index contributed by atoms with van der Waals surface area (Å²) in [7, 11) is 0. The van der Waals surface area contributed by atoms with E-state index in [1.807, 2.05) is 0 Å². The van der Waals surface area contributed by atoms with Crippen molar-refractivity contribution in [1.82, 2.24) is 4.90 Å². The van der Waals surface area contributed by atoms with E-state index in [-0.39, 0.29) is 0 Å². The van der Waals surface area contributed by atoms with Gasteiger partial charge in [-0.1, -0.05) is 19.1 Å². The smallest absolute Gasteiger partial charge is 0.0278 e. The Balaban J connectivity index is 1.91. The quantitative estimate of drug-likeness (QED) is 0.559. The lowest BCUT2D eigenvalue weighted by atomic mass is 9.95. The Labute approximate surface area is 81.8 Å². The van der Waals surface area contributed by atoms with E-state index in [4.69, 9.17) is 0 Å². The molecule has 1 heteroatoms. The Morgan fingerprint density at radius 3 is 2.85 bits per heavy atom. The van der Waals surface area contributed by atoms with E-state index < -0.39 is 0 Å². The Kier molecular flexibility index (Phi) is 3.05. The highest BCUT2D eigenvalue weighted by molar-refractivity contribution is 4.99. The third kappa shape index (κ3) is 2.34. The molecule has 2 atom stereocenters. The van der Waals surface area contributed by atoms with Gasteiger partial charge in [-0.15, -0.1) is 0 Å². The van der Waals surface area contributed by atoms with Gasteiger partial charge < -0.3 is 0 Å². The highest BCUT2D eigenvalue weighted by atomic mass is 15.2. The number of hydrogen-bond acceptors (Lipinski definition) is 1. The average Bonchev–Trinajstić information content (AvgIpc) is 2.19. The van der Waals surface area contributed by atoms with Gasteiger partial charge >= 0.3 is 0 Å². The molecule has 0 spiro atoms. The Morgan fingerprint density at radius 1 is 1.23 bits per heavy atom. The maximum absolute atomic E-state index is 2.68. The lowest BCUT2D eigenvalue weighted by molar-refractivity contribution is 0.143. The average molecular weight is 179 g/mol. The zero-order valence-corrected chi connectivity index (χ0v) is 8.71. The molecule has 0 N–H and O–H groups in total. The first kappa shape index (κ1) is 9.26. The third-order valence-electron chi connectivity index (χ3n) is 3.39. The van der Waals surface area contributed by atoms with Gasteiger partial charge in [0.05, 0.1) is 0 Å². The first-order valence-corrected chi connectivity index (χ1v) is 5.77. The van der Waals surface area contributed by atoms with Gasteiger partial charge in [0.15, 0.2) is 0 Å². The van der Waals surface area contributed by atoms with E-state index in [0.29, 0.717) is 0 Å². The van der Waals surface area contributed by atoms with Gasteiger partial charge in [-0.2, -0.15) is 0 Å². The molecule has 74 valence electrons. The van der Waals surface area contributed by atoms with Crippen molar-refractivity contribution >= 4 is 0 Å². The molecule has 0 amide bonds. The first-order chi connectivity index (χ1) is 6.36. The monoisotopic (exact) mass is 179 g/mol. The number of allylic oxidation sites excluding steroid dienone is 1. The maximum Gasteiger partial charge on any atom is 0.0278 e. The van der Waals surface area contributed by atoms with Crippen LogP contribution in [0.4, 0.5) is 0 Å². The van der Waals surface area contributed by atoms with Gasteiger partial charge in [0.1, 0.15) is 0 Å². The molecule has 1 fully saturated rings. The van der Waals surface area contributed by atoms with E-state index in [9.17, 15) is 0 Å². The second-order valence-electron chi connectivity index (χ2n) is 4.67. The molecule has 2 aliphatic rings. The molecule has 2 rings (SSSR count). The molecule has 1 aliphatic carbocycles. The fourth-order valence-corrected chi connectivity index (χ4v) is 2.63. The molecular weight excluding hydrogens is 158 g/mol. The SMILES string of the molecule is C[C@@H]1CCCN(C2C=CCCC2)C1. The Hall–Kier alpha value is -0.300. The van der Waals surface area contributed by atoms with Crippen LogP contribution in [0.1, 0.15) is 39.0 Å². The lowest BCUT2D eigenvalue weighted by Gasteiger charge is -2.37. The zero-order chi connectivity index (χ0) is 9.10. The number of piperidine rings is 1. The predicted octanol–water partition coefficient (Wildman–Crippen LogP) is 2.83. The molecule has 1 unspecified atom stereocenters. The van der Waals surface area contributed by atoms with Gasteiger partial charge in [0.2, 0.25) is 0 Å². The van der Waals surface area contributed by atoms with Crippen LogP contribution in [0.5, 0.6) is 0 Å². The van der Waals surface area contributed by atoms with E-state index in [0.717, 1.165) is 12.0 Å². The van der Waals surface area contributed by atoms with Gasteiger partial charge in [-0.3, -0.25) is 4.90 Å². The summed E-state index contributed by atoms with van der Waals surface area (Å²) in [5, 5.41) is 0. The number of nitrogens with zero attached hydrogens (tertiary/aromatic N) is 1.